The first-order chi connectivity index (χ1) is 7.77. The van der Waals surface area contributed by atoms with E-state index in [1.165, 1.54) is 0 Å². The molecular formula is C12H10N2OS. The van der Waals surface area contributed by atoms with Gasteiger partial charge in [0.2, 0.25) is 0 Å². The molecule has 0 saturated heterocycles. The average Bonchev–Trinajstić information content (AvgIpc) is 2.31. The fourth-order valence-corrected chi connectivity index (χ4v) is 1.45. The Labute approximate surface area is 98.9 Å². The first kappa shape index (κ1) is 10.6. The molecule has 2 aromatic rings. The Hall–Kier alpha value is -1.94. The van der Waals surface area contributed by atoms with Gasteiger partial charge in [0, 0.05) is 6.20 Å². The maximum absolute atomic E-state index is 5.64. The molecule has 4 heteroatoms. The summed E-state index contributed by atoms with van der Waals surface area (Å²) in [6, 6.07) is 11.2. The Morgan fingerprint density at radius 1 is 1.19 bits per heavy atom. The molecule has 0 atom stereocenters. The van der Waals surface area contributed by atoms with E-state index in [2.05, 4.69) is 4.98 Å². The number of para-hydroxylation sites is 1. The van der Waals surface area contributed by atoms with Gasteiger partial charge >= 0.3 is 0 Å². The highest BCUT2D eigenvalue weighted by Gasteiger charge is 2.06. The van der Waals surface area contributed by atoms with Gasteiger partial charge in [0.1, 0.15) is 10.7 Å². The third kappa shape index (κ3) is 2.35. The predicted molar refractivity (Wildman–Crippen MR) is 66.6 cm³/mol. The summed E-state index contributed by atoms with van der Waals surface area (Å²) in [6.45, 7) is 0. The van der Waals surface area contributed by atoms with Crippen LogP contribution in [0.3, 0.4) is 0 Å². The first-order valence-corrected chi connectivity index (χ1v) is 5.15. The molecule has 0 aliphatic heterocycles. The van der Waals surface area contributed by atoms with E-state index in [1.54, 1.807) is 18.5 Å². The molecule has 0 radical (unpaired) electrons. The zero-order chi connectivity index (χ0) is 11.4. The van der Waals surface area contributed by atoms with Crippen LogP contribution in [0.2, 0.25) is 0 Å². The van der Waals surface area contributed by atoms with Crippen LogP contribution in [0.15, 0.2) is 48.8 Å². The van der Waals surface area contributed by atoms with Crippen molar-refractivity contribution in [2.24, 2.45) is 5.73 Å². The van der Waals surface area contributed by atoms with Gasteiger partial charge in [-0.2, -0.15) is 0 Å². The molecule has 0 amide bonds. The average molecular weight is 230 g/mol. The van der Waals surface area contributed by atoms with Crippen molar-refractivity contribution < 1.29 is 4.74 Å². The molecule has 16 heavy (non-hydrogen) atoms. The van der Waals surface area contributed by atoms with E-state index in [0.717, 1.165) is 5.75 Å². The molecule has 80 valence electrons. The topological polar surface area (TPSA) is 48.1 Å². The second kappa shape index (κ2) is 4.72. The molecule has 0 spiro atoms. The number of nitrogens with two attached hydrogens (primary N) is 1. The van der Waals surface area contributed by atoms with Crippen molar-refractivity contribution in [1.29, 1.82) is 0 Å². The molecule has 1 aromatic heterocycles. The van der Waals surface area contributed by atoms with Crippen LogP contribution in [0.1, 0.15) is 5.56 Å². The Morgan fingerprint density at radius 2 is 1.94 bits per heavy atom. The summed E-state index contributed by atoms with van der Waals surface area (Å²) in [7, 11) is 0. The highest BCUT2D eigenvalue weighted by atomic mass is 32.1. The van der Waals surface area contributed by atoms with Gasteiger partial charge < -0.3 is 10.5 Å². The van der Waals surface area contributed by atoms with E-state index in [4.69, 9.17) is 22.7 Å². The van der Waals surface area contributed by atoms with Crippen LogP contribution >= 0.6 is 12.2 Å². The van der Waals surface area contributed by atoms with E-state index in [1.807, 2.05) is 30.3 Å². The van der Waals surface area contributed by atoms with Crippen LogP contribution in [0.4, 0.5) is 0 Å². The van der Waals surface area contributed by atoms with Crippen molar-refractivity contribution in [2.45, 2.75) is 0 Å². The number of thiocarbonyl (C=S) groups is 1. The highest BCUT2D eigenvalue weighted by Crippen LogP contribution is 2.23. The molecule has 2 rings (SSSR count). The summed E-state index contributed by atoms with van der Waals surface area (Å²) >= 11 is 4.94. The van der Waals surface area contributed by atoms with Crippen molar-refractivity contribution in [3.8, 4) is 11.5 Å². The largest absolute Gasteiger partial charge is 0.455 e. The Balaban J connectivity index is 2.31. The number of nitrogens with zero attached hydrogens (tertiary/aromatic N) is 1. The zero-order valence-corrected chi connectivity index (χ0v) is 9.28. The number of pyridine rings is 1. The molecule has 0 fully saturated rings. The molecule has 0 aliphatic rings. The van der Waals surface area contributed by atoms with Gasteiger partial charge in [0.25, 0.3) is 0 Å². The van der Waals surface area contributed by atoms with Gasteiger partial charge in [-0.3, -0.25) is 4.98 Å². The molecule has 2 N–H and O–H groups in total. The maximum atomic E-state index is 5.64. The van der Waals surface area contributed by atoms with Gasteiger partial charge in [0.05, 0.1) is 11.8 Å². The van der Waals surface area contributed by atoms with Crippen molar-refractivity contribution in [3.63, 3.8) is 0 Å². The quantitative estimate of drug-likeness (QED) is 0.823. The van der Waals surface area contributed by atoms with E-state index in [0.29, 0.717) is 16.3 Å². The van der Waals surface area contributed by atoms with Gasteiger partial charge in [-0.05, 0) is 18.2 Å². The van der Waals surface area contributed by atoms with Crippen LogP contribution < -0.4 is 10.5 Å². The number of ether oxygens (including phenoxy) is 1. The summed E-state index contributed by atoms with van der Waals surface area (Å²) in [5, 5.41) is 0. The summed E-state index contributed by atoms with van der Waals surface area (Å²) in [4.78, 5) is 4.28. The SMILES string of the molecule is NC(=S)c1ccncc1Oc1ccccc1. The van der Waals surface area contributed by atoms with Crippen LogP contribution in [0, 0.1) is 0 Å². The number of aromatic nitrogens is 1. The Kier molecular flexibility index (Phi) is 3.12. The Bertz CT molecular complexity index is 499. The third-order valence-electron chi connectivity index (χ3n) is 2.02. The van der Waals surface area contributed by atoms with Gasteiger partial charge in [-0.1, -0.05) is 30.4 Å². The van der Waals surface area contributed by atoms with E-state index >= 15 is 0 Å². The highest BCUT2D eigenvalue weighted by molar-refractivity contribution is 7.80. The van der Waals surface area contributed by atoms with Gasteiger partial charge in [-0.15, -0.1) is 0 Å². The predicted octanol–water partition coefficient (Wildman–Crippen LogP) is 2.51. The number of hydrogen-bond donors (Lipinski definition) is 1. The van der Waals surface area contributed by atoms with Crippen LogP contribution in [-0.4, -0.2) is 9.97 Å². The van der Waals surface area contributed by atoms with Crippen molar-refractivity contribution in [1.82, 2.24) is 4.98 Å². The molecule has 0 unspecified atom stereocenters. The lowest BCUT2D eigenvalue weighted by Crippen LogP contribution is -2.10. The second-order valence-electron chi connectivity index (χ2n) is 3.15. The lowest BCUT2D eigenvalue weighted by atomic mass is 10.2. The minimum atomic E-state index is 0.299. The van der Waals surface area contributed by atoms with E-state index in [9.17, 15) is 0 Å². The molecule has 0 saturated carbocycles. The summed E-state index contributed by atoms with van der Waals surface area (Å²) in [5.41, 5.74) is 6.28. The van der Waals surface area contributed by atoms with Crippen molar-refractivity contribution >= 4 is 17.2 Å². The van der Waals surface area contributed by atoms with E-state index < -0.39 is 0 Å². The summed E-state index contributed by atoms with van der Waals surface area (Å²) < 4.78 is 5.64. The normalized spacial score (nSPS) is 9.75. The van der Waals surface area contributed by atoms with Crippen LogP contribution in [0.5, 0.6) is 11.5 Å². The maximum Gasteiger partial charge on any atom is 0.155 e. The molecular weight excluding hydrogens is 220 g/mol. The molecule has 0 bridgehead atoms. The fraction of sp³-hybridized carbons (Fsp3) is 0. The monoisotopic (exact) mass is 230 g/mol. The number of rotatable bonds is 3. The summed E-state index contributed by atoms with van der Waals surface area (Å²) in [5.74, 6) is 1.30. The van der Waals surface area contributed by atoms with Gasteiger partial charge in [0.15, 0.2) is 5.75 Å². The molecule has 1 aromatic carbocycles. The van der Waals surface area contributed by atoms with E-state index in [-0.39, 0.29) is 0 Å². The second-order valence-corrected chi connectivity index (χ2v) is 3.59. The molecule has 1 heterocycles. The third-order valence-corrected chi connectivity index (χ3v) is 2.24. The fourth-order valence-electron chi connectivity index (χ4n) is 1.28. The van der Waals surface area contributed by atoms with Crippen molar-refractivity contribution in [2.75, 3.05) is 0 Å². The smallest absolute Gasteiger partial charge is 0.155 e. The molecule has 3 nitrogen and oxygen atoms in total. The zero-order valence-electron chi connectivity index (χ0n) is 8.46. The minimum Gasteiger partial charge on any atom is -0.455 e. The molecule has 0 aliphatic carbocycles. The lowest BCUT2D eigenvalue weighted by Gasteiger charge is -2.08. The van der Waals surface area contributed by atoms with Crippen molar-refractivity contribution in [3.05, 3.63) is 54.4 Å². The number of hydrogen-bond acceptors (Lipinski definition) is 3. The number of benzene rings is 1. The first-order valence-electron chi connectivity index (χ1n) is 4.74. The standard InChI is InChI=1S/C12H10N2OS/c13-12(16)10-6-7-14-8-11(10)15-9-4-2-1-3-5-9/h1-8H,(H2,13,16). The van der Waals surface area contributed by atoms with Gasteiger partial charge in [-0.25, -0.2) is 0 Å². The van der Waals surface area contributed by atoms with Crippen LogP contribution in [-0.2, 0) is 0 Å². The summed E-state index contributed by atoms with van der Waals surface area (Å²) in [6.07, 6.45) is 3.23. The lowest BCUT2D eigenvalue weighted by molar-refractivity contribution is 0.479. The Morgan fingerprint density at radius 3 is 2.62 bits per heavy atom. The van der Waals surface area contributed by atoms with Crippen LogP contribution in [0.25, 0.3) is 0 Å². The minimum absolute atomic E-state index is 0.299.